The lowest BCUT2D eigenvalue weighted by molar-refractivity contribution is 0.197. The van der Waals surface area contributed by atoms with E-state index in [0.29, 0.717) is 0 Å². The Kier molecular flexibility index (Phi) is 2.79. The zero-order chi connectivity index (χ0) is 10.8. The van der Waals surface area contributed by atoms with E-state index in [0.717, 1.165) is 22.0 Å². The molecule has 0 saturated carbocycles. The van der Waals surface area contributed by atoms with Crippen molar-refractivity contribution in [1.29, 1.82) is 0 Å². The minimum Gasteiger partial charge on any atom is -0.389 e. The first-order valence-corrected chi connectivity index (χ1v) is 5.62. The van der Waals surface area contributed by atoms with Crippen molar-refractivity contribution in [2.75, 3.05) is 0 Å². The number of aromatic nitrogens is 2. The minimum absolute atomic E-state index is 0.512. The highest BCUT2D eigenvalue weighted by atomic mass is 32.1. The topological polar surface area (TPSA) is 46.0 Å². The van der Waals surface area contributed by atoms with E-state index in [1.807, 2.05) is 24.4 Å². The second kappa shape index (κ2) is 4.08. The molecular weight excluding hydrogens is 208 g/mol. The van der Waals surface area contributed by atoms with E-state index >= 15 is 0 Å². The Morgan fingerprint density at radius 1 is 1.47 bits per heavy atom. The van der Waals surface area contributed by atoms with E-state index in [-0.39, 0.29) is 0 Å². The number of rotatable bonds is 2. The van der Waals surface area contributed by atoms with Gasteiger partial charge in [0.15, 0.2) is 5.82 Å². The van der Waals surface area contributed by atoms with Gasteiger partial charge in [-0.05, 0) is 25.3 Å². The van der Waals surface area contributed by atoms with Crippen LogP contribution >= 0.6 is 11.3 Å². The van der Waals surface area contributed by atoms with Crippen LogP contribution in [-0.2, 0) is 0 Å². The summed E-state index contributed by atoms with van der Waals surface area (Å²) in [5.41, 5.74) is 1.62. The van der Waals surface area contributed by atoms with Gasteiger partial charge >= 0.3 is 0 Å². The van der Waals surface area contributed by atoms with Crippen molar-refractivity contribution in [2.24, 2.45) is 0 Å². The predicted octanol–water partition coefficient (Wildman–Crippen LogP) is 2.57. The molecule has 3 nitrogen and oxygen atoms in total. The van der Waals surface area contributed by atoms with Crippen LogP contribution in [0.3, 0.4) is 0 Å². The van der Waals surface area contributed by atoms with Crippen LogP contribution in [0.25, 0.3) is 10.7 Å². The van der Waals surface area contributed by atoms with Crippen LogP contribution < -0.4 is 0 Å². The fourth-order valence-corrected chi connectivity index (χ4v) is 2.08. The molecule has 0 aliphatic rings. The van der Waals surface area contributed by atoms with Gasteiger partial charge < -0.3 is 5.11 Å². The van der Waals surface area contributed by atoms with Crippen molar-refractivity contribution in [3.8, 4) is 10.7 Å². The molecule has 0 radical (unpaired) electrons. The van der Waals surface area contributed by atoms with Gasteiger partial charge in [0.25, 0.3) is 0 Å². The lowest BCUT2D eigenvalue weighted by atomic mass is 10.1. The Morgan fingerprint density at radius 2 is 2.27 bits per heavy atom. The van der Waals surface area contributed by atoms with Crippen molar-refractivity contribution in [3.63, 3.8) is 0 Å². The molecule has 2 heterocycles. The van der Waals surface area contributed by atoms with Gasteiger partial charge in [-0.1, -0.05) is 6.07 Å². The van der Waals surface area contributed by atoms with Crippen LogP contribution in [0.2, 0.25) is 0 Å². The van der Waals surface area contributed by atoms with Gasteiger partial charge in [-0.2, -0.15) is 0 Å². The molecule has 0 spiro atoms. The fraction of sp³-hybridized carbons (Fsp3) is 0.273. The maximum atomic E-state index is 9.45. The number of thiophene rings is 1. The third kappa shape index (κ3) is 2.06. The number of aryl methyl sites for hydroxylation is 1. The molecule has 0 aliphatic heterocycles. The van der Waals surface area contributed by atoms with Crippen LogP contribution in [0.15, 0.2) is 23.7 Å². The molecule has 1 atom stereocenters. The van der Waals surface area contributed by atoms with E-state index in [2.05, 4.69) is 9.97 Å². The second-order valence-corrected chi connectivity index (χ2v) is 4.34. The molecule has 0 unspecified atom stereocenters. The second-order valence-electron chi connectivity index (χ2n) is 3.39. The average Bonchev–Trinajstić information content (AvgIpc) is 2.69. The molecule has 15 heavy (non-hydrogen) atoms. The van der Waals surface area contributed by atoms with Gasteiger partial charge in [-0.15, -0.1) is 11.3 Å². The maximum absolute atomic E-state index is 9.45. The third-order valence-electron chi connectivity index (χ3n) is 2.21. The lowest BCUT2D eigenvalue weighted by Crippen LogP contribution is -2.00. The average molecular weight is 220 g/mol. The van der Waals surface area contributed by atoms with Crippen LogP contribution in [0.1, 0.15) is 24.3 Å². The number of aliphatic hydroxyl groups is 1. The standard InChI is InChI=1S/C11H12N2OS/c1-7-9(8(2)14)6-12-11(13-7)10-4-3-5-15-10/h3-6,8,14H,1-2H3/t8-/m1/s1. The first kappa shape index (κ1) is 10.3. The Morgan fingerprint density at radius 3 is 2.80 bits per heavy atom. The SMILES string of the molecule is Cc1nc(-c2cccs2)ncc1[C@@H](C)O. The molecule has 2 aromatic rings. The molecule has 0 fully saturated rings. The summed E-state index contributed by atoms with van der Waals surface area (Å²) in [6.07, 6.45) is 1.18. The molecule has 0 bridgehead atoms. The largest absolute Gasteiger partial charge is 0.389 e. The quantitative estimate of drug-likeness (QED) is 0.846. The highest BCUT2D eigenvalue weighted by molar-refractivity contribution is 7.13. The van der Waals surface area contributed by atoms with Gasteiger partial charge in [-0.25, -0.2) is 9.97 Å². The zero-order valence-electron chi connectivity index (χ0n) is 8.64. The molecule has 2 rings (SSSR count). The normalized spacial score (nSPS) is 12.7. The van der Waals surface area contributed by atoms with Crippen LogP contribution in [0, 0.1) is 6.92 Å². The summed E-state index contributed by atoms with van der Waals surface area (Å²) < 4.78 is 0. The molecule has 2 aromatic heterocycles. The van der Waals surface area contributed by atoms with E-state index in [4.69, 9.17) is 0 Å². The van der Waals surface area contributed by atoms with Crippen molar-refractivity contribution in [3.05, 3.63) is 35.0 Å². The molecule has 0 saturated heterocycles. The zero-order valence-corrected chi connectivity index (χ0v) is 9.45. The molecule has 4 heteroatoms. The number of nitrogens with zero attached hydrogens (tertiary/aromatic N) is 2. The summed E-state index contributed by atoms with van der Waals surface area (Å²) in [5, 5.41) is 11.4. The monoisotopic (exact) mass is 220 g/mol. The summed E-state index contributed by atoms with van der Waals surface area (Å²) in [7, 11) is 0. The summed E-state index contributed by atoms with van der Waals surface area (Å²) in [5.74, 6) is 0.729. The minimum atomic E-state index is -0.512. The molecule has 0 aromatic carbocycles. The highest BCUT2D eigenvalue weighted by Crippen LogP contribution is 2.23. The smallest absolute Gasteiger partial charge is 0.169 e. The summed E-state index contributed by atoms with van der Waals surface area (Å²) >= 11 is 1.61. The maximum Gasteiger partial charge on any atom is 0.169 e. The lowest BCUT2D eigenvalue weighted by Gasteiger charge is -2.07. The van der Waals surface area contributed by atoms with Crippen molar-refractivity contribution in [2.45, 2.75) is 20.0 Å². The summed E-state index contributed by atoms with van der Waals surface area (Å²) in [6, 6.07) is 3.96. The Balaban J connectivity index is 2.42. The predicted molar refractivity (Wildman–Crippen MR) is 60.7 cm³/mol. The van der Waals surface area contributed by atoms with E-state index < -0.39 is 6.10 Å². The molecule has 0 amide bonds. The summed E-state index contributed by atoms with van der Waals surface area (Å²) in [6.45, 7) is 3.61. The number of aliphatic hydroxyl groups excluding tert-OH is 1. The van der Waals surface area contributed by atoms with Crippen LogP contribution in [0.5, 0.6) is 0 Å². The molecule has 78 valence electrons. The van der Waals surface area contributed by atoms with Crippen LogP contribution in [0.4, 0.5) is 0 Å². The number of hydrogen-bond donors (Lipinski definition) is 1. The third-order valence-corrected chi connectivity index (χ3v) is 3.07. The van der Waals surface area contributed by atoms with Crippen molar-refractivity contribution >= 4 is 11.3 Å². The van der Waals surface area contributed by atoms with E-state index in [1.54, 1.807) is 24.5 Å². The summed E-state index contributed by atoms with van der Waals surface area (Å²) in [4.78, 5) is 9.67. The Bertz CT molecular complexity index is 452. The van der Waals surface area contributed by atoms with Gasteiger partial charge in [0.2, 0.25) is 0 Å². The molecule has 1 N–H and O–H groups in total. The Hall–Kier alpha value is -1.26. The van der Waals surface area contributed by atoms with E-state index in [9.17, 15) is 5.11 Å². The molecular formula is C11H12N2OS. The Labute approximate surface area is 92.5 Å². The van der Waals surface area contributed by atoms with Crippen molar-refractivity contribution in [1.82, 2.24) is 9.97 Å². The van der Waals surface area contributed by atoms with Gasteiger partial charge in [0.05, 0.1) is 11.0 Å². The highest BCUT2D eigenvalue weighted by Gasteiger charge is 2.09. The number of hydrogen-bond acceptors (Lipinski definition) is 4. The van der Waals surface area contributed by atoms with Gasteiger partial charge in [-0.3, -0.25) is 0 Å². The fourth-order valence-electron chi connectivity index (χ4n) is 1.41. The van der Waals surface area contributed by atoms with Gasteiger partial charge in [0, 0.05) is 17.5 Å². The van der Waals surface area contributed by atoms with E-state index in [1.165, 1.54) is 0 Å². The first-order chi connectivity index (χ1) is 7.18. The van der Waals surface area contributed by atoms with Crippen LogP contribution in [-0.4, -0.2) is 15.1 Å². The first-order valence-electron chi connectivity index (χ1n) is 4.74. The molecule has 0 aliphatic carbocycles. The van der Waals surface area contributed by atoms with Crippen molar-refractivity contribution < 1.29 is 5.11 Å². The van der Waals surface area contributed by atoms with Gasteiger partial charge in [0.1, 0.15) is 0 Å².